The van der Waals surface area contributed by atoms with E-state index in [1.165, 1.54) is 9.72 Å². The van der Waals surface area contributed by atoms with E-state index >= 15 is 0 Å². The molecule has 142 valence electrons. The predicted molar refractivity (Wildman–Crippen MR) is 101 cm³/mol. The fourth-order valence-electron chi connectivity index (χ4n) is 3.68. The van der Waals surface area contributed by atoms with Crippen LogP contribution >= 0.6 is 0 Å². The number of rotatable bonds is 3. The third-order valence-corrected chi connectivity index (χ3v) is 8.97. The first-order chi connectivity index (χ1) is 13.2. The number of nitrogens with two attached hydrogens (primary N) is 1. The van der Waals surface area contributed by atoms with Crippen molar-refractivity contribution >= 4 is 33.4 Å². The molecule has 2 aliphatic rings. The van der Waals surface area contributed by atoms with E-state index in [1.807, 2.05) is 0 Å². The third kappa shape index (κ3) is 3.07. The number of nitrogens with zero attached hydrogens (tertiary/aromatic N) is 7. The van der Waals surface area contributed by atoms with Crippen LogP contribution in [0.5, 0.6) is 0 Å². The predicted octanol–water partition coefficient (Wildman–Crippen LogP) is -0.713. The zero-order chi connectivity index (χ0) is 18.4. The van der Waals surface area contributed by atoms with E-state index in [1.54, 1.807) is 18.4 Å². The minimum absolute atomic E-state index is 0.129. The average Bonchev–Trinajstić information content (AvgIpc) is 3.36. The summed E-state index contributed by atoms with van der Waals surface area (Å²) in [6.45, 7) is 4.01. The Kier molecular flexibility index (Phi) is 4.26. The van der Waals surface area contributed by atoms with Gasteiger partial charge in [0.25, 0.3) is 0 Å². The zero-order valence-electron chi connectivity index (χ0n) is 14.7. The van der Waals surface area contributed by atoms with E-state index in [2.05, 4.69) is 29.9 Å². The Morgan fingerprint density at radius 1 is 1.26 bits per heavy atom. The minimum atomic E-state index is -0.129. The molecule has 11 heteroatoms. The second kappa shape index (κ2) is 6.78. The molecule has 0 spiro atoms. The van der Waals surface area contributed by atoms with Gasteiger partial charge in [0.2, 0.25) is 0 Å². The molecule has 3 unspecified atom stereocenters. The first-order valence-electron chi connectivity index (χ1n) is 8.98. The summed E-state index contributed by atoms with van der Waals surface area (Å²) in [7, 11) is 0. The van der Waals surface area contributed by atoms with Gasteiger partial charge in [-0.15, -0.1) is 0 Å². The summed E-state index contributed by atoms with van der Waals surface area (Å²) in [6, 6.07) is 3.58. The second-order valence-electron chi connectivity index (χ2n) is 6.92. The number of aliphatic hydroxyl groups excluding tert-OH is 1. The van der Waals surface area contributed by atoms with Crippen LogP contribution in [0.3, 0.4) is 0 Å². The molecular formula is C16H21AsN8O2. The van der Waals surface area contributed by atoms with Crippen LogP contribution < -0.4 is 10.6 Å². The first-order valence-corrected chi connectivity index (χ1v) is 11.7. The van der Waals surface area contributed by atoms with Crippen molar-refractivity contribution in [2.45, 2.75) is 10.0 Å². The van der Waals surface area contributed by atoms with E-state index in [4.69, 9.17) is 10.2 Å². The average molecular weight is 432 g/mol. The number of hydrogen-bond acceptors (Lipinski definition) is 9. The molecule has 5 heterocycles. The standard InChI is InChI=1S/C16H21AsN8O2/c18-14-20-15(21-16-19-13(22-25(14)16)11-2-1-5-27-11)24-4-3-23-7-10(9-26)6-17-12(23)8-24/h1-2,5,10,12,17,26H,3-4,6-9H2,(H2,18,19,20,21,22). The molecule has 2 fully saturated rings. The molecule has 0 radical (unpaired) electrons. The first kappa shape index (κ1) is 17.0. The van der Waals surface area contributed by atoms with Crippen molar-refractivity contribution in [3.63, 3.8) is 0 Å². The van der Waals surface area contributed by atoms with Gasteiger partial charge < -0.3 is 0 Å². The molecule has 5 rings (SSSR count). The van der Waals surface area contributed by atoms with Crippen molar-refractivity contribution in [1.29, 1.82) is 0 Å². The third-order valence-electron chi connectivity index (χ3n) is 5.13. The molecule has 3 aromatic rings. The number of anilines is 2. The van der Waals surface area contributed by atoms with Gasteiger partial charge in [0, 0.05) is 0 Å². The number of piperazine rings is 1. The monoisotopic (exact) mass is 432 g/mol. The summed E-state index contributed by atoms with van der Waals surface area (Å²) in [5.41, 5.74) is 6.12. The second-order valence-corrected chi connectivity index (χ2v) is 10.0. The summed E-state index contributed by atoms with van der Waals surface area (Å²) in [5, 5.41) is 15.0. The van der Waals surface area contributed by atoms with Gasteiger partial charge in [-0.3, -0.25) is 0 Å². The SMILES string of the molecule is Nc1nc(N2CCN3CC(CO)C[AsH]C3C2)nc2nc(-c3ccco3)nn12. The summed E-state index contributed by atoms with van der Waals surface area (Å²) in [6.07, 6.45) is 1.58. The van der Waals surface area contributed by atoms with E-state index in [9.17, 15) is 5.11 Å². The van der Waals surface area contributed by atoms with Gasteiger partial charge in [-0.25, -0.2) is 0 Å². The van der Waals surface area contributed by atoms with Crippen LogP contribution in [0.25, 0.3) is 17.4 Å². The molecule has 0 bridgehead atoms. The summed E-state index contributed by atoms with van der Waals surface area (Å²) < 4.78 is 6.80. The fourth-order valence-corrected chi connectivity index (χ4v) is 7.26. The Morgan fingerprint density at radius 2 is 2.19 bits per heavy atom. The number of aliphatic hydroxyl groups is 1. The van der Waals surface area contributed by atoms with Gasteiger partial charge in [-0.2, -0.15) is 0 Å². The zero-order valence-corrected chi connectivity index (χ0v) is 16.8. The molecule has 2 aliphatic heterocycles. The molecule has 27 heavy (non-hydrogen) atoms. The van der Waals surface area contributed by atoms with Crippen molar-refractivity contribution in [3.8, 4) is 11.6 Å². The summed E-state index contributed by atoms with van der Waals surface area (Å²) in [5.74, 6) is 2.76. The van der Waals surface area contributed by atoms with Crippen LogP contribution in [0.15, 0.2) is 22.8 Å². The number of fused-ring (bicyclic) bond motifs is 2. The van der Waals surface area contributed by atoms with E-state index < -0.39 is 0 Å². The van der Waals surface area contributed by atoms with Crippen LogP contribution in [-0.4, -0.2) is 87.9 Å². The molecule has 0 saturated carbocycles. The van der Waals surface area contributed by atoms with E-state index in [-0.39, 0.29) is 21.7 Å². The number of furan rings is 1. The maximum absolute atomic E-state index is 9.44. The molecule has 3 aromatic heterocycles. The molecule has 0 aliphatic carbocycles. The van der Waals surface area contributed by atoms with Crippen molar-refractivity contribution < 1.29 is 9.52 Å². The van der Waals surface area contributed by atoms with Crippen molar-refractivity contribution in [3.05, 3.63) is 18.4 Å². The van der Waals surface area contributed by atoms with Gasteiger partial charge in [0.15, 0.2) is 0 Å². The van der Waals surface area contributed by atoms with Crippen LogP contribution in [0.1, 0.15) is 0 Å². The van der Waals surface area contributed by atoms with E-state index in [0.29, 0.717) is 40.7 Å². The Morgan fingerprint density at radius 3 is 3.00 bits per heavy atom. The molecule has 0 aromatic carbocycles. The number of aromatic nitrogens is 5. The molecule has 10 nitrogen and oxygen atoms in total. The van der Waals surface area contributed by atoms with Crippen LogP contribution in [0.2, 0.25) is 5.21 Å². The van der Waals surface area contributed by atoms with Crippen LogP contribution in [0, 0.1) is 5.92 Å². The molecule has 3 N–H and O–H groups in total. The van der Waals surface area contributed by atoms with Crippen molar-refractivity contribution in [2.75, 3.05) is 43.4 Å². The van der Waals surface area contributed by atoms with Gasteiger partial charge in [-0.05, 0) is 0 Å². The Balaban J connectivity index is 1.40. The van der Waals surface area contributed by atoms with Crippen LogP contribution in [0.4, 0.5) is 11.9 Å². The molecule has 3 atom stereocenters. The Bertz CT molecular complexity index is 945. The quantitative estimate of drug-likeness (QED) is 0.517. The van der Waals surface area contributed by atoms with Gasteiger partial charge in [-0.1, -0.05) is 0 Å². The molecule has 0 amide bonds. The fraction of sp³-hybridized carbons (Fsp3) is 0.500. The van der Waals surface area contributed by atoms with Gasteiger partial charge in [0.05, 0.1) is 0 Å². The van der Waals surface area contributed by atoms with E-state index in [0.717, 1.165) is 26.2 Å². The van der Waals surface area contributed by atoms with Gasteiger partial charge >= 0.3 is 162 Å². The van der Waals surface area contributed by atoms with Gasteiger partial charge in [0.1, 0.15) is 0 Å². The molecular weight excluding hydrogens is 411 g/mol. The topological polar surface area (TPSA) is 122 Å². The maximum atomic E-state index is 9.44. The normalized spacial score (nSPS) is 24.6. The number of hydrogen-bond donors (Lipinski definition) is 2. The van der Waals surface area contributed by atoms with Crippen molar-refractivity contribution in [2.24, 2.45) is 5.92 Å². The summed E-state index contributed by atoms with van der Waals surface area (Å²) >= 11 is -0.129. The number of nitrogen functional groups attached to an aromatic ring is 1. The summed E-state index contributed by atoms with van der Waals surface area (Å²) in [4.78, 5) is 18.8. The Labute approximate surface area is 162 Å². The van der Waals surface area contributed by atoms with Crippen LogP contribution in [-0.2, 0) is 0 Å². The Hall–Kier alpha value is -2.16. The van der Waals surface area contributed by atoms with Crippen molar-refractivity contribution in [1.82, 2.24) is 29.5 Å². The molecule has 2 saturated heterocycles.